The second-order valence-corrected chi connectivity index (χ2v) is 4.60. The highest BCUT2D eigenvalue weighted by molar-refractivity contribution is 4.65. The molecule has 0 unspecified atom stereocenters. The standard InChI is InChI=1S/C15H30O2/c1-2-3-4-5-6-7-8-9-10-11-12-14-17-15-13-16/h2,16H,1,3-15H2. The molecule has 0 saturated heterocycles. The fourth-order valence-electron chi connectivity index (χ4n) is 1.90. The lowest BCUT2D eigenvalue weighted by Gasteiger charge is -2.03. The maximum absolute atomic E-state index is 8.51. The van der Waals surface area contributed by atoms with Gasteiger partial charge in [-0.2, -0.15) is 0 Å². The van der Waals surface area contributed by atoms with E-state index in [1.165, 1.54) is 57.8 Å². The molecule has 0 rings (SSSR count). The summed E-state index contributed by atoms with van der Waals surface area (Å²) in [5.41, 5.74) is 0. The molecule has 17 heavy (non-hydrogen) atoms. The van der Waals surface area contributed by atoms with Crippen molar-refractivity contribution in [1.82, 2.24) is 0 Å². The second kappa shape index (κ2) is 15.7. The topological polar surface area (TPSA) is 29.5 Å². The Balaban J connectivity index is 2.87. The highest BCUT2D eigenvalue weighted by atomic mass is 16.5. The lowest BCUT2D eigenvalue weighted by atomic mass is 10.1. The van der Waals surface area contributed by atoms with Crippen molar-refractivity contribution in [3.05, 3.63) is 12.7 Å². The summed E-state index contributed by atoms with van der Waals surface area (Å²) in [4.78, 5) is 0. The van der Waals surface area contributed by atoms with Crippen LogP contribution in [0.3, 0.4) is 0 Å². The lowest BCUT2D eigenvalue weighted by molar-refractivity contribution is 0.0895. The van der Waals surface area contributed by atoms with E-state index in [0.717, 1.165) is 13.0 Å². The zero-order chi connectivity index (χ0) is 12.6. The first-order valence-corrected chi connectivity index (χ1v) is 7.21. The zero-order valence-electron chi connectivity index (χ0n) is 11.3. The average molecular weight is 242 g/mol. The van der Waals surface area contributed by atoms with E-state index >= 15 is 0 Å². The molecule has 102 valence electrons. The van der Waals surface area contributed by atoms with E-state index in [1.54, 1.807) is 0 Å². The van der Waals surface area contributed by atoms with Gasteiger partial charge in [0.05, 0.1) is 13.2 Å². The Kier molecular flexibility index (Phi) is 15.3. The van der Waals surface area contributed by atoms with Gasteiger partial charge in [0.15, 0.2) is 0 Å². The number of unbranched alkanes of at least 4 members (excludes halogenated alkanes) is 9. The number of aliphatic hydroxyl groups excluding tert-OH is 1. The van der Waals surface area contributed by atoms with Crippen molar-refractivity contribution in [3.63, 3.8) is 0 Å². The Morgan fingerprint density at radius 1 is 0.765 bits per heavy atom. The van der Waals surface area contributed by atoms with E-state index in [2.05, 4.69) is 6.58 Å². The molecule has 0 aromatic heterocycles. The zero-order valence-corrected chi connectivity index (χ0v) is 11.3. The summed E-state index contributed by atoms with van der Waals surface area (Å²) in [6.07, 6.45) is 15.1. The molecule has 0 amide bonds. The molecule has 0 aliphatic heterocycles. The second-order valence-electron chi connectivity index (χ2n) is 4.60. The van der Waals surface area contributed by atoms with E-state index < -0.39 is 0 Å². The molecule has 0 heterocycles. The van der Waals surface area contributed by atoms with Crippen LogP contribution < -0.4 is 0 Å². The molecular formula is C15H30O2. The molecule has 1 N–H and O–H groups in total. The number of hydrogen-bond donors (Lipinski definition) is 1. The quantitative estimate of drug-likeness (QED) is 0.367. The molecule has 0 aromatic carbocycles. The summed E-state index contributed by atoms with van der Waals surface area (Å²) in [5, 5.41) is 8.51. The van der Waals surface area contributed by atoms with Crippen LogP contribution in [0.5, 0.6) is 0 Å². The summed E-state index contributed by atoms with van der Waals surface area (Å²) in [6.45, 7) is 5.17. The predicted molar refractivity (Wildman–Crippen MR) is 74.3 cm³/mol. The molecule has 2 nitrogen and oxygen atoms in total. The maximum Gasteiger partial charge on any atom is 0.0697 e. The molecule has 0 atom stereocenters. The molecule has 0 fully saturated rings. The first kappa shape index (κ1) is 16.7. The van der Waals surface area contributed by atoms with E-state index in [4.69, 9.17) is 9.84 Å². The molecule has 0 saturated carbocycles. The summed E-state index contributed by atoms with van der Waals surface area (Å²) in [6, 6.07) is 0. The van der Waals surface area contributed by atoms with Crippen LogP contribution in [-0.4, -0.2) is 24.9 Å². The van der Waals surface area contributed by atoms with E-state index in [9.17, 15) is 0 Å². The minimum atomic E-state index is 0.145. The molecule has 0 spiro atoms. The average Bonchev–Trinajstić information content (AvgIpc) is 2.35. The van der Waals surface area contributed by atoms with E-state index in [1.807, 2.05) is 6.08 Å². The fourth-order valence-corrected chi connectivity index (χ4v) is 1.90. The Labute approximate surface area is 107 Å². The van der Waals surface area contributed by atoms with Gasteiger partial charge >= 0.3 is 0 Å². The third-order valence-electron chi connectivity index (χ3n) is 2.93. The van der Waals surface area contributed by atoms with Crippen molar-refractivity contribution in [2.75, 3.05) is 19.8 Å². The normalized spacial score (nSPS) is 10.6. The van der Waals surface area contributed by atoms with Gasteiger partial charge in [0.25, 0.3) is 0 Å². The first-order valence-electron chi connectivity index (χ1n) is 7.21. The van der Waals surface area contributed by atoms with Gasteiger partial charge < -0.3 is 9.84 Å². The Morgan fingerprint density at radius 2 is 1.29 bits per heavy atom. The highest BCUT2D eigenvalue weighted by Gasteiger charge is 1.93. The number of allylic oxidation sites excluding steroid dienone is 1. The molecular weight excluding hydrogens is 212 g/mol. The lowest BCUT2D eigenvalue weighted by Crippen LogP contribution is -2.00. The Bertz CT molecular complexity index is 146. The van der Waals surface area contributed by atoms with E-state index in [0.29, 0.717) is 6.61 Å². The number of hydrogen-bond acceptors (Lipinski definition) is 2. The van der Waals surface area contributed by atoms with Gasteiger partial charge in [0.1, 0.15) is 0 Å². The number of aliphatic hydroxyl groups is 1. The Hall–Kier alpha value is -0.340. The van der Waals surface area contributed by atoms with Gasteiger partial charge in [-0.05, 0) is 19.3 Å². The van der Waals surface area contributed by atoms with Crippen molar-refractivity contribution in [3.8, 4) is 0 Å². The Morgan fingerprint density at radius 3 is 1.82 bits per heavy atom. The van der Waals surface area contributed by atoms with Gasteiger partial charge in [0.2, 0.25) is 0 Å². The first-order chi connectivity index (χ1) is 8.41. The summed E-state index contributed by atoms with van der Waals surface area (Å²) < 4.78 is 5.21. The maximum atomic E-state index is 8.51. The fraction of sp³-hybridized carbons (Fsp3) is 0.867. The molecule has 0 aliphatic carbocycles. The van der Waals surface area contributed by atoms with Gasteiger partial charge in [-0.15, -0.1) is 6.58 Å². The predicted octanol–water partition coefficient (Wildman–Crippen LogP) is 4.08. The largest absolute Gasteiger partial charge is 0.394 e. The van der Waals surface area contributed by atoms with Gasteiger partial charge in [-0.3, -0.25) is 0 Å². The van der Waals surface area contributed by atoms with Gasteiger partial charge in [-0.25, -0.2) is 0 Å². The van der Waals surface area contributed by atoms with Crippen LogP contribution in [0.15, 0.2) is 12.7 Å². The monoisotopic (exact) mass is 242 g/mol. The molecule has 0 radical (unpaired) electrons. The van der Waals surface area contributed by atoms with Crippen LogP contribution in [0.1, 0.15) is 64.2 Å². The van der Waals surface area contributed by atoms with Crippen molar-refractivity contribution in [1.29, 1.82) is 0 Å². The van der Waals surface area contributed by atoms with Crippen LogP contribution in [0.4, 0.5) is 0 Å². The number of ether oxygens (including phenoxy) is 1. The van der Waals surface area contributed by atoms with Crippen LogP contribution in [0, 0.1) is 0 Å². The minimum absolute atomic E-state index is 0.145. The molecule has 0 aliphatic rings. The number of rotatable bonds is 14. The van der Waals surface area contributed by atoms with Crippen LogP contribution in [-0.2, 0) is 4.74 Å². The van der Waals surface area contributed by atoms with Crippen molar-refractivity contribution in [2.24, 2.45) is 0 Å². The summed E-state index contributed by atoms with van der Waals surface area (Å²) in [7, 11) is 0. The van der Waals surface area contributed by atoms with E-state index in [-0.39, 0.29) is 6.61 Å². The van der Waals surface area contributed by atoms with Crippen molar-refractivity contribution >= 4 is 0 Å². The third-order valence-corrected chi connectivity index (χ3v) is 2.93. The summed E-state index contributed by atoms with van der Waals surface area (Å²) in [5.74, 6) is 0. The summed E-state index contributed by atoms with van der Waals surface area (Å²) >= 11 is 0. The molecule has 2 heteroatoms. The molecule has 0 bridgehead atoms. The van der Waals surface area contributed by atoms with Crippen LogP contribution in [0.25, 0.3) is 0 Å². The van der Waals surface area contributed by atoms with Crippen LogP contribution >= 0.6 is 0 Å². The highest BCUT2D eigenvalue weighted by Crippen LogP contribution is 2.10. The SMILES string of the molecule is C=CCCCCCCCCCCCOCCO. The van der Waals surface area contributed by atoms with Crippen molar-refractivity contribution in [2.45, 2.75) is 64.2 Å². The van der Waals surface area contributed by atoms with Gasteiger partial charge in [0, 0.05) is 6.61 Å². The van der Waals surface area contributed by atoms with Crippen molar-refractivity contribution < 1.29 is 9.84 Å². The van der Waals surface area contributed by atoms with Crippen LogP contribution in [0.2, 0.25) is 0 Å². The smallest absolute Gasteiger partial charge is 0.0697 e. The molecule has 0 aromatic rings. The third kappa shape index (κ3) is 15.7. The van der Waals surface area contributed by atoms with Gasteiger partial charge in [-0.1, -0.05) is 51.0 Å². The minimum Gasteiger partial charge on any atom is -0.394 e.